The fraction of sp³-hybridized carbons (Fsp3) is 0.381. The first-order chi connectivity index (χ1) is 13.9. The molecule has 1 saturated heterocycles. The maximum absolute atomic E-state index is 13.0. The molecule has 0 atom stereocenters. The monoisotopic (exact) mass is 416 g/mol. The van der Waals surface area contributed by atoms with E-state index in [-0.39, 0.29) is 23.6 Å². The molecule has 0 unspecified atom stereocenters. The third kappa shape index (κ3) is 3.58. The van der Waals surface area contributed by atoms with E-state index in [9.17, 15) is 13.2 Å². The molecule has 0 saturated carbocycles. The molecule has 29 heavy (non-hydrogen) atoms. The molecular weight excluding hydrogens is 392 g/mol. The highest BCUT2D eigenvalue weighted by molar-refractivity contribution is 7.89. The molecular formula is C21H24N2O5S. The second-order valence-corrected chi connectivity index (χ2v) is 9.26. The molecule has 0 radical (unpaired) electrons. The van der Waals surface area contributed by atoms with Gasteiger partial charge in [0.1, 0.15) is 12.4 Å². The van der Waals surface area contributed by atoms with E-state index in [0.29, 0.717) is 31.7 Å². The molecule has 7 nitrogen and oxygen atoms in total. The molecule has 2 aliphatic heterocycles. The van der Waals surface area contributed by atoms with Crippen molar-refractivity contribution in [2.24, 2.45) is 0 Å². The lowest BCUT2D eigenvalue weighted by Gasteiger charge is -2.40. The number of hydrogen-bond donors (Lipinski definition) is 0. The molecule has 0 bridgehead atoms. The Labute approximate surface area is 170 Å². The number of hydrogen-bond acceptors (Lipinski definition) is 5. The average molecular weight is 416 g/mol. The standard InChI is InChI=1S/C21H24N2O5S/c1-15-4-3-5-16-14-28-21(24)23(20(15)16)17-10-12-22(13-11-17)29(25,26)19-8-6-18(27-2)7-9-19/h3-9,17H,10-14H2,1-2H3. The van der Waals surface area contributed by atoms with E-state index in [2.05, 4.69) is 0 Å². The van der Waals surface area contributed by atoms with Crippen molar-refractivity contribution in [3.8, 4) is 5.75 Å². The third-order valence-corrected chi connectivity index (χ3v) is 7.51. The molecule has 2 heterocycles. The normalized spacial score (nSPS) is 18.3. The number of nitrogens with zero attached hydrogens (tertiary/aromatic N) is 2. The van der Waals surface area contributed by atoms with E-state index in [1.807, 2.05) is 25.1 Å². The van der Waals surface area contributed by atoms with E-state index in [1.54, 1.807) is 36.3 Å². The van der Waals surface area contributed by atoms with Gasteiger partial charge in [-0.05, 0) is 49.6 Å². The Morgan fingerprint density at radius 2 is 1.76 bits per heavy atom. The fourth-order valence-corrected chi connectivity index (χ4v) is 5.52. The molecule has 0 N–H and O–H groups in total. The van der Waals surface area contributed by atoms with Crippen molar-refractivity contribution in [3.05, 3.63) is 53.6 Å². The van der Waals surface area contributed by atoms with Crippen LogP contribution in [0.3, 0.4) is 0 Å². The van der Waals surface area contributed by atoms with Gasteiger partial charge in [0.25, 0.3) is 0 Å². The molecule has 2 aliphatic rings. The number of carbonyl (C=O) groups is 1. The van der Waals surface area contributed by atoms with Crippen LogP contribution in [-0.2, 0) is 21.4 Å². The predicted octanol–water partition coefficient (Wildman–Crippen LogP) is 3.31. The fourth-order valence-electron chi connectivity index (χ4n) is 4.05. The van der Waals surface area contributed by atoms with Crippen LogP contribution < -0.4 is 9.64 Å². The van der Waals surface area contributed by atoms with Gasteiger partial charge < -0.3 is 9.47 Å². The Bertz CT molecular complexity index is 1010. The average Bonchev–Trinajstić information content (AvgIpc) is 2.74. The van der Waals surface area contributed by atoms with Crippen LogP contribution in [0.2, 0.25) is 0 Å². The van der Waals surface area contributed by atoms with Crippen molar-refractivity contribution in [3.63, 3.8) is 0 Å². The smallest absolute Gasteiger partial charge is 0.414 e. The van der Waals surface area contributed by atoms with Gasteiger partial charge >= 0.3 is 6.09 Å². The summed E-state index contributed by atoms with van der Waals surface area (Å²) in [6.45, 7) is 2.96. The predicted molar refractivity (Wildman–Crippen MR) is 109 cm³/mol. The second-order valence-electron chi connectivity index (χ2n) is 7.32. The van der Waals surface area contributed by atoms with Crippen LogP contribution in [0.4, 0.5) is 10.5 Å². The minimum absolute atomic E-state index is 0.0926. The number of carbonyl (C=O) groups excluding carboxylic acids is 1. The molecule has 8 heteroatoms. The Balaban J connectivity index is 1.52. The third-order valence-electron chi connectivity index (χ3n) is 5.60. The number of para-hydroxylation sites is 1. The summed E-state index contributed by atoms with van der Waals surface area (Å²) >= 11 is 0. The first-order valence-corrected chi connectivity index (χ1v) is 11.0. The number of cyclic esters (lactones) is 1. The van der Waals surface area contributed by atoms with Crippen LogP contribution in [0, 0.1) is 6.92 Å². The minimum atomic E-state index is -3.58. The zero-order valence-electron chi connectivity index (χ0n) is 16.5. The van der Waals surface area contributed by atoms with Crippen LogP contribution in [0.1, 0.15) is 24.0 Å². The van der Waals surface area contributed by atoms with Crippen LogP contribution in [-0.4, -0.2) is 45.1 Å². The summed E-state index contributed by atoms with van der Waals surface area (Å²) in [5.74, 6) is 0.611. The van der Waals surface area contributed by atoms with Gasteiger partial charge in [-0.25, -0.2) is 13.2 Å². The number of fused-ring (bicyclic) bond motifs is 1. The number of benzene rings is 2. The van der Waals surface area contributed by atoms with Crippen molar-refractivity contribution in [2.45, 2.75) is 37.3 Å². The van der Waals surface area contributed by atoms with E-state index in [4.69, 9.17) is 9.47 Å². The zero-order valence-corrected chi connectivity index (χ0v) is 17.3. The summed E-state index contributed by atoms with van der Waals surface area (Å²) in [4.78, 5) is 14.5. The molecule has 2 aromatic rings. The Kier molecular flexibility index (Phi) is 5.23. The van der Waals surface area contributed by atoms with Crippen molar-refractivity contribution >= 4 is 21.8 Å². The number of aryl methyl sites for hydroxylation is 1. The molecule has 4 rings (SSSR count). The molecule has 0 aromatic heterocycles. The van der Waals surface area contributed by atoms with E-state index in [0.717, 1.165) is 16.8 Å². The van der Waals surface area contributed by atoms with Crippen molar-refractivity contribution in [1.29, 1.82) is 0 Å². The van der Waals surface area contributed by atoms with Gasteiger partial charge in [-0.1, -0.05) is 18.2 Å². The van der Waals surface area contributed by atoms with E-state index < -0.39 is 10.0 Å². The second kappa shape index (κ2) is 7.68. The summed E-state index contributed by atoms with van der Waals surface area (Å²) in [5, 5.41) is 0. The van der Waals surface area contributed by atoms with Gasteiger partial charge in [-0.3, -0.25) is 4.90 Å². The van der Waals surface area contributed by atoms with E-state index >= 15 is 0 Å². The quantitative estimate of drug-likeness (QED) is 0.764. The number of rotatable bonds is 4. The maximum Gasteiger partial charge on any atom is 0.414 e. The molecule has 2 aromatic carbocycles. The zero-order chi connectivity index (χ0) is 20.6. The van der Waals surface area contributed by atoms with E-state index in [1.165, 1.54) is 4.31 Å². The topological polar surface area (TPSA) is 76.2 Å². The van der Waals surface area contributed by atoms with Crippen LogP contribution in [0.5, 0.6) is 5.75 Å². The maximum atomic E-state index is 13.0. The summed E-state index contributed by atoms with van der Waals surface area (Å²) < 4.78 is 37.9. The molecule has 1 fully saturated rings. The molecule has 1 amide bonds. The number of methoxy groups -OCH3 is 1. The highest BCUT2D eigenvalue weighted by Crippen LogP contribution is 2.35. The summed E-state index contributed by atoms with van der Waals surface area (Å²) in [5.41, 5.74) is 2.91. The van der Waals surface area contributed by atoms with Gasteiger partial charge in [0.05, 0.1) is 17.7 Å². The number of piperidine rings is 1. The van der Waals surface area contributed by atoms with Gasteiger partial charge in [0.15, 0.2) is 0 Å². The lowest BCUT2D eigenvalue weighted by Crippen LogP contribution is -2.50. The molecule has 0 aliphatic carbocycles. The van der Waals surface area contributed by atoms with Gasteiger partial charge in [0.2, 0.25) is 10.0 Å². The number of sulfonamides is 1. The van der Waals surface area contributed by atoms with Crippen molar-refractivity contribution < 1.29 is 22.7 Å². The van der Waals surface area contributed by atoms with Crippen molar-refractivity contribution in [2.75, 3.05) is 25.1 Å². The SMILES string of the molecule is COc1ccc(S(=O)(=O)N2CCC(N3C(=O)OCc4cccc(C)c43)CC2)cc1. The van der Waals surface area contributed by atoms with Gasteiger partial charge in [0, 0.05) is 24.7 Å². The van der Waals surface area contributed by atoms with Gasteiger partial charge in [-0.2, -0.15) is 4.31 Å². The minimum Gasteiger partial charge on any atom is -0.497 e. The Morgan fingerprint density at radius 1 is 1.07 bits per heavy atom. The van der Waals surface area contributed by atoms with Crippen LogP contribution in [0.25, 0.3) is 0 Å². The largest absolute Gasteiger partial charge is 0.497 e. The lowest BCUT2D eigenvalue weighted by molar-refractivity contribution is 0.135. The highest BCUT2D eigenvalue weighted by Gasteiger charge is 2.37. The Hall–Kier alpha value is -2.58. The van der Waals surface area contributed by atoms with Gasteiger partial charge in [-0.15, -0.1) is 0 Å². The first kappa shape index (κ1) is 19.7. The first-order valence-electron chi connectivity index (χ1n) is 9.60. The van der Waals surface area contributed by atoms with Crippen LogP contribution >= 0.6 is 0 Å². The number of ether oxygens (including phenoxy) is 2. The molecule has 0 spiro atoms. The number of amides is 1. The summed E-state index contributed by atoms with van der Waals surface area (Å²) in [7, 11) is -2.04. The summed E-state index contributed by atoms with van der Waals surface area (Å²) in [6, 6.07) is 12.2. The van der Waals surface area contributed by atoms with Crippen molar-refractivity contribution in [1.82, 2.24) is 4.31 Å². The lowest BCUT2D eigenvalue weighted by atomic mass is 10.00. The van der Waals surface area contributed by atoms with Crippen LogP contribution in [0.15, 0.2) is 47.4 Å². The Morgan fingerprint density at radius 3 is 2.41 bits per heavy atom. The highest BCUT2D eigenvalue weighted by atomic mass is 32.2. The molecule has 154 valence electrons. The number of anilines is 1. The summed E-state index contributed by atoms with van der Waals surface area (Å²) in [6.07, 6.45) is 0.750.